The molecule has 0 unspecified atom stereocenters. The first-order chi connectivity index (χ1) is 16.3. The fourth-order valence-corrected chi connectivity index (χ4v) is 3.96. The van der Waals surface area contributed by atoms with Gasteiger partial charge in [0.05, 0.1) is 13.2 Å². The van der Waals surface area contributed by atoms with E-state index in [2.05, 4.69) is 5.32 Å². The molecular weight excluding hydrogens is 436 g/mol. The lowest BCUT2D eigenvalue weighted by Crippen LogP contribution is -2.56. The van der Waals surface area contributed by atoms with Crippen LogP contribution < -0.4 is 10.9 Å². The summed E-state index contributed by atoms with van der Waals surface area (Å²) in [7, 11) is 0. The Kier molecular flexibility index (Phi) is 8.45. The van der Waals surface area contributed by atoms with Gasteiger partial charge in [0.2, 0.25) is 5.91 Å². The Labute approximate surface area is 199 Å². The predicted octanol–water partition coefficient (Wildman–Crippen LogP) is 2.01. The van der Waals surface area contributed by atoms with Crippen LogP contribution in [0.3, 0.4) is 0 Å². The molecule has 34 heavy (non-hydrogen) atoms. The molecule has 182 valence electrons. The van der Waals surface area contributed by atoms with Crippen LogP contribution >= 0.6 is 0 Å². The molecule has 0 spiro atoms. The van der Waals surface area contributed by atoms with Crippen molar-refractivity contribution in [2.45, 2.75) is 39.8 Å². The van der Waals surface area contributed by atoms with Gasteiger partial charge in [0.15, 0.2) is 0 Å². The summed E-state index contributed by atoms with van der Waals surface area (Å²) in [6, 6.07) is 10.2. The summed E-state index contributed by atoms with van der Waals surface area (Å²) < 4.78 is 6.49. The number of piperazine rings is 1. The number of aryl methyl sites for hydroxylation is 1. The number of pyridine rings is 1. The Hall–Kier alpha value is -3.62. The van der Waals surface area contributed by atoms with Crippen LogP contribution in [0.2, 0.25) is 0 Å². The van der Waals surface area contributed by atoms with Gasteiger partial charge in [-0.15, -0.1) is 0 Å². The maximum absolute atomic E-state index is 13.0. The van der Waals surface area contributed by atoms with Gasteiger partial charge in [-0.25, -0.2) is 4.79 Å². The van der Waals surface area contributed by atoms with E-state index < -0.39 is 17.5 Å². The lowest BCUT2D eigenvalue weighted by atomic mass is 10.1. The van der Waals surface area contributed by atoms with E-state index in [0.29, 0.717) is 45.8 Å². The van der Waals surface area contributed by atoms with Crippen molar-refractivity contribution in [1.29, 1.82) is 0 Å². The van der Waals surface area contributed by atoms with Gasteiger partial charge in [-0.3, -0.25) is 14.4 Å². The second kappa shape index (κ2) is 11.5. The Bertz CT molecular complexity index is 1090. The first kappa shape index (κ1) is 25.0. The molecule has 0 radical (unpaired) electrons. The van der Waals surface area contributed by atoms with Crippen molar-refractivity contribution in [3.8, 4) is 0 Å². The minimum absolute atomic E-state index is 0.00599. The number of carbonyl (C=O) groups is 3. The second-order valence-electron chi connectivity index (χ2n) is 8.29. The molecule has 1 atom stereocenters. The number of hydrogen-bond acceptors (Lipinski definition) is 5. The molecule has 1 aliphatic rings. The number of amides is 3. The van der Waals surface area contributed by atoms with Gasteiger partial charge in [-0.05, 0) is 38.0 Å². The zero-order valence-corrected chi connectivity index (χ0v) is 20.0. The number of ether oxygens (including phenoxy) is 1. The number of benzene rings is 1. The van der Waals surface area contributed by atoms with E-state index in [1.165, 1.54) is 10.6 Å². The van der Waals surface area contributed by atoms with Crippen LogP contribution in [0.25, 0.3) is 0 Å². The van der Waals surface area contributed by atoms with Gasteiger partial charge in [0, 0.05) is 32.4 Å². The van der Waals surface area contributed by atoms with Crippen LogP contribution in [0.15, 0.2) is 47.4 Å². The molecule has 1 aromatic carbocycles. The molecule has 0 bridgehead atoms. The van der Waals surface area contributed by atoms with E-state index in [-0.39, 0.29) is 17.6 Å². The van der Waals surface area contributed by atoms with E-state index >= 15 is 0 Å². The summed E-state index contributed by atoms with van der Waals surface area (Å²) in [5.74, 6) is -0.802. The van der Waals surface area contributed by atoms with Crippen molar-refractivity contribution in [3.05, 3.63) is 69.6 Å². The van der Waals surface area contributed by atoms with Crippen LogP contribution in [0.4, 0.5) is 4.79 Å². The van der Waals surface area contributed by atoms with E-state index in [1.807, 2.05) is 31.2 Å². The molecule has 9 heteroatoms. The highest BCUT2D eigenvalue weighted by Gasteiger charge is 2.30. The van der Waals surface area contributed by atoms with E-state index in [1.54, 1.807) is 35.9 Å². The zero-order valence-electron chi connectivity index (χ0n) is 20.0. The lowest BCUT2D eigenvalue weighted by molar-refractivity contribution is -0.134. The van der Waals surface area contributed by atoms with Crippen LogP contribution in [0.1, 0.15) is 41.8 Å². The third-order valence-corrected chi connectivity index (χ3v) is 5.83. The molecule has 1 fully saturated rings. The topological polar surface area (TPSA) is 101 Å². The van der Waals surface area contributed by atoms with Crippen molar-refractivity contribution >= 4 is 17.9 Å². The molecule has 0 aliphatic carbocycles. The molecule has 1 aliphatic heterocycles. The highest BCUT2D eigenvalue weighted by molar-refractivity contribution is 5.97. The molecule has 0 saturated carbocycles. The molecule has 1 saturated heterocycles. The normalized spacial score (nSPS) is 14.4. The molecule has 2 aromatic rings. The Morgan fingerprint density at radius 2 is 1.74 bits per heavy atom. The third kappa shape index (κ3) is 6.03. The summed E-state index contributed by atoms with van der Waals surface area (Å²) in [4.78, 5) is 54.0. The summed E-state index contributed by atoms with van der Waals surface area (Å²) in [5, 5.41) is 2.73. The minimum Gasteiger partial charge on any atom is -0.450 e. The molecule has 1 aromatic heterocycles. The minimum atomic E-state index is -0.758. The number of hydrogen-bond donors (Lipinski definition) is 1. The number of nitrogens with zero attached hydrogens (tertiary/aromatic N) is 3. The molecule has 1 N–H and O–H groups in total. The van der Waals surface area contributed by atoms with E-state index in [0.717, 1.165) is 11.1 Å². The van der Waals surface area contributed by atoms with Crippen molar-refractivity contribution in [2.24, 2.45) is 0 Å². The maximum atomic E-state index is 13.0. The van der Waals surface area contributed by atoms with Gasteiger partial charge in [-0.1, -0.05) is 36.8 Å². The highest BCUT2D eigenvalue weighted by atomic mass is 16.6. The number of aromatic nitrogens is 1. The van der Waals surface area contributed by atoms with Gasteiger partial charge >= 0.3 is 6.09 Å². The number of carbonyl (C=O) groups excluding carboxylic acids is 3. The summed E-state index contributed by atoms with van der Waals surface area (Å²) in [6.07, 6.45) is 1.64. The standard InChI is InChI=1S/C25H32N4O5/c1-4-21(24(32)27-12-14-28(15-13-27)25(33)34-5-2)26-22(30)20-10-7-11-29(23(20)31)17-19-9-6-8-18(3)16-19/h6-11,16,21H,4-5,12-15,17H2,1-3H3,(H,26,30)/t21-/m0/s1. The molecule has 3 amide bonds. The second-order valence-corrected chi connectivity index (χ2v) is 8.29. The fourth-order valence-electron chi connectivity index (χ4n) is 3.96. The van der Waals surface area contributed by atoms with Crippen molar-refractivity contribution in [2.75, 3.05) is 32.8 Å². The molecule has 3 rings (SSSR count). The molecular formula is C25H32N4O5. The van der Waals surface area contributed by atoms with Gasteiger partial charge in [0.1, 0.15) is 11.6 Å². The first-order valence-electron chi connectivity index (χ1n) is 11.6. The van der Waals surface area contributed by atoms with Crippen molar-refractivity contribution in [1.82, 2.24) is 19.7 Å². The SMILES string of the molecule is CCOC(=O)N1CCN(C(=O)[C@H](CC)NC(=O)c2cccn(Cc3cccc(C)c3)c2=O)CC1. The van der Waals surface area contributed by atoms with Crippen LogP contribution in [0, 0.1) is 6.92 Å². The van der Waals surface area contributed by atoms with E-state index in [9.17, 15) is 19.2 Å². The summed E-state index contributed by atoms with van der Waals surface area (Å²) in [5.41, 5.74) is 1.63. The Balaban J connectivity index is 1.65. The average Bonchev–Trinajstić information content (AvgIpc) is 2.83. The van der Waals surface area contributed by atoms with Crippen molar-refractivity contribution < 1.29 is 19.1 Å². The third-order valence-electron chi connectivity index (χ3n) is 5.83. The van der Waals surface area contributed by atoms with Gasteiger partial charge < -0.3 is 24.4 Å². The maximum Gasteiger partial charge on any atom is 0.409 e. The number of rotatable bonds is 7. The highest BCUT2D eigenvalue weighted by Crippen LogP contribution is 2.09. The molecule has 9 nitrogen and oxygen atoms in total. The average molecular weight is 469 g/mol. The number of nitrogens with one attached hydrogen (secondary N) is 1. The molecule has 2 heterocycles. The van der Waals surface area contributed by atoms with Crippen LogP contribution in [0.5, 0.6) is 0 Å². The van der Waals surface area contributed by atoms with Gasteiger partial charge in [0.25, 0.3) is 11.5 Å². The summed E-state index contributed by atoms with van der Waals surface area (Å²) >= 11 is 0. The Morgan fingerprint density at radius 3 is 2.38 bits per heavy atom. The monoisotopic (exact) mass is 468 g/mol. The largest absolute Gasteiger partial charge is 0.450 e. The predicted molar refractivity (Wildman–Crippen MR) is 128 cm³/mol. The van der Waals surface area contributed by atoms with Gasteiger partial charge in [-0.2, -0.15) is 0 Å². The van der Waals surface area contributed by atoms with Crippen molar-refractivity contribution in [3.63, 3.8) is 0 Å². The van der Waals surface area contributed by atoms with E-state index in [4.69, 9.17) is 4.74 Å². The zero-order chi connectivity index (χ0) is 24.7. The first-order valence-corrected chi connectivity index (χ1v) is 11.6. The Morgan fingerprint density at radius 1 is 1.03 bits per heavy atom. The van der Waals surface area contributed by atoms with Crippen LogP contribution in [-0.2, 0) is 16.1 Å². The fraction of sp³-hybridized carbons (Fsp3) is 0.440. The summed E-state index contributed by atoms with van der Waals surface area (Å²) in [6.45, 7) is 7.65. The van der Waals surface area contributed by atoms with Crippen LogP contribution in [-0.4, -0.2) is 71.1 Å². The quantitative estimate of drug-likeness (QED) is 0.670. The lowest BCUT2D eigenvalue weighted by Gasteiger charge is -2.35. The smallest absolute Gasteiger partial charge is 0.409 e.